The summed E-state index contributed by atoms with van der Waals surface area (Å²) in [5.41, 5.74) is 0.663. The molecule has 2 aliphatic rings. The number of benzene rings is 1. The van der Waals surface area contributed by atoms with Crippen LogP contribution in [-0.4, -0.2) is 43.1 Å². The minimum absolute atomic E-state index is 0.0102. The van der Waals surface area contributed by atoms with Crippen molar-refractivity contribution in [3.05, 3.63) is 29.8 Å². The SMILES string of the molecule is CCS(=O)(=O)N1CCC(C(=O)N[C@@H]2CC(C)(C)Oc3ccccc32)CC1. The van der Waals surface area contributed by atoms with Crippen LogP contribution in [-0.2, 0) is 14.8 Å². The number of para-hydroxylation sites is 1. The molecule has 0 radical (unpaired) electrons. The van der Waals surface area contributed by atoms with Crippen molar-refractivity contribution in [1.29, 1.82) is 0 Å². The molecule has 0 unspecified atom stereocenters. The van der Waals surface area contributed by atoms with E-state index in [4.69, 9.17) is 4.74 Å². The largest absolute Gasteiger partial charge is 0.487 e. The van der Waals surface area contributed by atoms with Crippen molar-refractivity contribution in [2.24, 2.45) is 5.92 Å². The zero-order valence-electron chi connectivity index (χ0n) is 15.7. The van der Waals surface area contributed by atoms with Crippen molar-refractivity contribution >= 4 is 15.9 Å². The van der Waals surface area contributed by atoms with E-state index in [0.717, 1.165) is 11.3 Å². The maximum atomic E-state index is 12.8. The van der Waals surface area contributed by atoms with Gasteiger partial charge >= 0.3 is 0 Å². The molecule has 1 aromatic carbocycles. The van der Waals surface area contributed by atoms with Crippen LogP contribution in [0.25, 0.3) is 0 Å². The third kappa shape index (κ3) is 4.04. The molecular formula is C19H28N2O4S. The molecular weight excluding hydrogens is 352 g/mol. The van der Waals surface area contributed by atoms with Gasteiger partial charge in [-0.15, -0.1) is 0 Å². The molecule has 144 valence electrons. The fraction of sp³-hybridized carbons (Fsp3) is 0.632. The molecule has 1 N–H and O–H groups in total. The first-order valence-corrected chi connectivity index (χ1v) is 10.9. The van der Waals surface area contributed by atoms with Gasteiger partial charge in [0.25, 0.3) is 0 Å². The van der Waals surface area contributed by atoms with Crippen LogP contribution in [0.3, 0.4) is 0 Å². The third-order valence-corrected chi connectivity index (χ3v) is 7.16. The smallest absolute Gasteiger partial charge is 0.223 e. The highest BCUT2D eigenvalue weighted by molar-refractivity contribution is 7.89. The molecule has 3 rings (SSSR count). The van der Waals surface area contributed by atoms with Gasteiger partial charge in [-0.25, -0.2) is 12.7 Å². The van der Waals surface area contributed by atoms with Gasteiger partial charge < -0.3 is 10.1 Å². The Hall–Kier alpha value is -1.60. The monoisotopic (exact) mass is 380 g/mol. The molecule has 1 amide bonds. The molecule has 1 saturated heterocycles. The molecule has 0 aromatic heterocycles. The summed E-state index contributed by atoms with van der Waals surface area (Å²) in [7, 11) is -3.17. The van der Waals surface area contributed by atoms with E-state index in [1.807, 2.05) is 38.1 Å². The van der Waals surface area contributed by atoms with E-state index in [-0.39, 0.29) is 29.2 Å². The van der Waals surface area contributed by atoms with Crippen LogP contribution in [0.5, 0.6) is 5.75 Å². The molecule has 0 spiro atoms. The summed E-state index contributed by atoms with van der Waals surface area (Å²) < 4.78 is 31.5. The van der Waals surface area contributed by atoms with Crippen LogP contribution >= 0.6 is 0 Å². The first kappa shape index (κ1) is 19.2. The molecule has 0 aliphatic carbocycles. The maximum Gasteiger partial charge on any atom is 0.223 e. The number of amides is 1. The fourth-order valence-electron chi connectivity index (χ4n) is 3.80. The van der Waals surface area contributed by atoms with Gasteiger partial charge in [0.1, 0.15) is 11.4 Å². The summed E-state index contributed by atoms with van der Waals surface area (Å²) in [5, 5.41) is 3.18. The van der Waals surface area contributed by atoms with Crippen LogP contribution < -0.4 is 10.1 Å². The van der Waals surface area contributed by atoms with Gasteiger partial charge in [-0.3, -0.25) is 4.79 Å². The molecule has 2 aliphatic heterocycles. The predicted molar refractivity (Wildman–Crippen MR) is 100 cm³/mol. The molecule has 2 heterocycles. The number of sulfonamides is 1. The van der Waals surface area contributed by atoms with Gasteiger partial charge in [-0.2, -0.15) is 0 Å². The lowest BCUT2D eigenvalue weighted by Crippen LogP contribution is -2.46. The van der Waals surface area contributed by atoms with Crippen molar-refractivity contribution < 1.29 is 17.9 Å². The standard InChI is InChI=1S/C19H28N2O4S/c1-4-26(23,24)21-11-9-14(10-12-21)18(22)20-16-13-19(2,3)25-17-8-6-5-7-15(16)17/h5-8,14,16H,4,9-13H2,1-3H3,(H,20,22)/t16-/m1/s1. The van der Waals surface area contributed by atoms with E-state index in [9.17, 15) is 13.2 Å². The number of nitrogens with one attached hydrogen (secondary N) is 1. The molecule has 1 atom stereocenters. The lowest BCUT2D eigenvalue weighted by atomic mass is 9.88. The first-order chi connectivity index (χ1) is 12.2. The Morgan fingerprint density at radius 1 is 1.27 bits per heavy atom. The normalized spacial score (nSPS) is 23.7. The van der Waals surface area contributed by atoms with E-state index < -0.39 is 10.0 Å². The van der Waals surface area contributed by atoms with E-state index in [2.05, 4.69) is 5.32 Å². The highest BCUT2D eigenvalue weighted by Crippen LogP contribution is 2.39. The van der Waals surface area contributed by atoms with Crippen LogP contribution in [0.15, 0.2) is 24.3 Å². The summed E-state index contributed by atoms with van der Waals surface area (Å²) in [5.74, 6) is 0.794. The number of carbonyl (C=O) groups is 1. The number of hydrogen-bond donors (Lipinski definition) is 1. The Labute approximate surface area is 156 Å². The Morgan fingerprint density at radius 2 is 1.92 bits per heavy atom. The Balaban J connectivity index is 1.66. The summed E-state index contributed by atoms with van der Waals surface area (Å²) in [6, 6.07) is 7.73. The van der Waals surface area contributed by atoms with Gasteiger partial charge in [-0.05, 0) is 39.7 Å². The molecule has 6 nitrogen and oxygen atoms in total. The number of rotatable bonds is 4. The first-order valence-electron chi connectivity index (χ1n) is 9.28. The second kappa shape index (κ2) is 7.19. The molecule has 1 aromatic rings. The highest BCUT2D eigenvalue weighted by Gasteiger charge is 2.36. The van der Waals surface area contributed by atoms with Gasteiger partial charge in [0, 0.05) is 31.0 Å². The van der Waals surface area contributed by atoms with Crippen LogP contribution in [0, 0.1) is 5.92 Å². The van der Waals surface area contributed by atoms with Crippen molar-refractivity contribution in [3.8, 4) is 5.75 Å². The number of hydrogen-bond acceptors (Lipinski definition) is 4. The second-order valence-electron chi connectivity index (χ2n) is 7.74. The number of ether oxygens (including phenoxy) is 1. The van der Waals surface area contributed by atoms with E-state index in [0.29, 0.717) is 32.4 Å². The molecule has 0 bridgehead atoms. The minimum Gasteiger partial charge on any atom is -0.487 e. The zero-order valence-corrected chi connectivity index (χ0v) is 16.5. The summed E-state index contributed by atoms with van der Waals surface area (Å²) >= 11 is 0. The maximum absolute atomic E-state index is 12.8. The summed E-state index contributed by atoms with van der Waals surface area (Å²) in [6.45, 7) is 6.54. The lowest BCUT2D eigenvalue weighted by molar-refractivity contribution is -0.127. The quantitative estimate of drug-likeness (QED) is 0.871. The number of fused-ring (bicyclic) bond motifs is 1. The lowest BCUT2D eigenvalue weighted by Gasteiger charge is -2.38. The zero-order chi connectivity index (χ0) is 18.9. The van der Waals surface area contributed by atoms with E-state index in [1.165, 1.54) is 4.31 Å². The van der Waals surface area contributed by atoms with Crippen LogP contribution in [0.1, 0.15) is 51.6 Å². The van der Waals surface area contributed by atoms with Crippen molar-refractivity contribution in [2.75, 3.05) is 18.8 Å². The van der Waals surface area contributed by atoms with Crippen molar-refractivity contribution in [3.63, 3.8) is 0 Å². The number of piperidine rings is 1. The van der Waals surface area contributed by atoms with Crippen LogP contribution in [0.4, 0.5) is 0 Å². The third-order valence-electron chi connectivity index (χ3n) is 5.28. The van der Waals surface area contributed by atoms with Gasteiger partial charge in [0.15, 0.2) is 0 Å². The minimum atomic E-state index is -3.17. The predicted octanol–water partition coefficient (Wildman–Crippen LogP) is 2.47. The Kier molecular flexibility index (Phi) is 5.30. The summed E-state index contributed by atoms with van der Waals surface area (Å²) in [4.78, 5) is 12.8. The second-order valence-corrected chi connectivity index (χ2v) is 10.00. The molecule has 26 heavy (non-hydrogen) atoms. The van der Waals surface area contributed by atoms with Gasteiger partial charge in [0.05, 0.1) is 11.8 Å². The summed E-state index contributed by atoms with van der Waals surface area (Å²) in [6.07, 6.45) is 1.84. The van der Waals surface area contributed by atoms with Gasteiger partial charge in [-0.1, -0.05) is 18.2 Å². The topological polar surface area (TPSA) is 75.7 Å². The van der Waals surface area contributed by atoms with E-state index in [1.54, 1.807) is 6.92 Å². The van der Waals surface area contributed by atoms with Crippen molar-refractivity contribution in [2.45, 2.75) is 51.7 Å². The van der Waals surface area contributed by atoms with Crippen LogP contribution in [0.2, 0.25) is 0 Å². The fourth-order valence-corrected chi connectivity index (χ4v) is 4.93. The van der Waals surface area contributed by atoms with Crippen molar-refractivity contribution in [1.82, 2.24) is 9.62 Å². The molecule has 1 fully saturated rings. The highest BCUT2D eigenvalue weighted by atomic mass is 32.2. The number of nitrogens with zero attached hydrogens (tertiary/aromatic N) is 1. The molecule has 7 heteroatoms. The number of carbonyl (C=O) groups excluding carboxylic acids is 1. The Morgan fingerprint density at radius 3 is 2.58 bits per heavy atom. The van der Waals surface area contributed by atoms with Gasteiger partial charge in [0.2, 0.25) is 15.9 Å². The average Bonchev–Trinajstić information content (AvgIpc) is 2.61. The molecule has 0 saturated carbocycles. The Bertz CT molecular complexity index is 767. The average molecular weight is 381 g/mol. The van der Waals surface area contributed by atoms with E-state index >= 15 is 0 Å².